The summed E-state index contributed by atoms with van der Waals surface area (Å²) in [5.74, 6) is -5.04. The number of amides is 1. The van der Waals surface area contributed by atoms with Crippen LogP contribution in [0.2, 0.25) is 0 Å². The smallest absolute Gasteiger partial charge is 0.395 e. The molecular formula is C24H16F8N2O3. The summed E-state index contributed by atoms with van der Waals surface area (Å²) >= 11 is 0. The molecule has 196 valence electrons. The lowest BCUT2D eigenvalue weighted by atomic mass is 9.89. The van der Waals surface area contributed by atoms with Gasteiger partial charge in [-0.3, -0.25) is 15.1 Å². The number of hydroxylamine groups is 1. The van der Waals surface area contributed by atoms with Crippen molar-refractivity contribution in [3.05, 3.63) is 88.5 Å². The molecule has 3 aromatic carbocycles. The summed E-state index contributed by atoms with van der Waals surface area (Å²) in [7, 11) is 0. The van der Waals surface area contributed by atoms with Gasteiger partial charge in [0.1, 0.15) is 0 Å². The Morgan fingerprint density at radius 2 is 1.68 bits per heavy atom. The van der Waals surface area contributed by atoms with Gasteiger partial charge in [0.05, 0.1) is 17.9 Å². The molecule has 37 heavy (non-hydrogen) atoms. The minimum absolute atomic E-state index is 0.00805. The number of carbonyl (C=O) groups excluding carboxylic acids is 1. The van der Waals surface area contributed by atoms with Crippen LogP contribution in [0, 0.1) is 11.6 Å². The highest BCUT2D eigenvalue weighted by molar-refractivity contribution is 6.09. The lowest BCUT2D eigenvalue weighted by Gasteiger charge is -2.29. The first kappa shape index (κ1) is 26.4. The summed E-state index contributed by atoms with van der Waals surface area (Å²) in [6.07, 6.45) is -10.5. The minimum Gasteiger partial charge on any atom is -0.395 e. The van der Waals surface area contributed by atoms with E-state index >= 15 is 0 Å². The zero-order valence-corrected chi connectivity index (χ0v) is 18.4. The minimum atomic E-state index is -5.48. The van der Waals surface area contributed by atoms with Gasteiger partial charge in [-0.25, -0.2) is 8.78 Å². The van der Waals surface area contributed by atoms with Crippen LogP contribution in [0.5, 0.6) is 0 Å². The molecule has 1 amide bonds. The summed E-state index contributed by atoms with van der Waals surface area (Å²) in [5.41, 5.74) is -5.23. The number of benzene rings is 3. The molecule has 1 heterocycles. The lowest BCUT2D eigenvalue weighted by Crippen LogP contribution is -2.43. The summed E-state index contributed by atoms with van der Waals surface area (Å²) in [4.78, 5) is 17.2. The summed E-state index contributed by atoms with van der Waals surface area (Å²) in [6, 6.07) is 8.55. The van der Waals surface area contributed by atoms with E-state index in [4.69, 9.17) is 9.94 Å². The first-order chi connectivity index (χ1) is 17.3. The van der Waals surface area contributed by atoms with Crippen molar-refractivity contribution in [3.63, 3.8) is 0 Å². The molecular weight excluding hydrogens is 516 g/mol. The lowest BCUT2D eigenvalue weighted by molar-refractivity contribution is -0.269. The SMILES string of the molecule is O=C(NCCO)c1ccc(C2=CC(c3cc(F)c(F)c(C(F)(F)F)c3)(C(F)(F)F)ON2)c2ccccc12. The summed E-state index contributed by atoms with van der Waals surface area (Å²) in [5, 5.41) is 12.0. The largest absolute Gasteiger partial charge is 0.428 e. The van der Waals surface area contributed by atoms with Crippen LogP contribution >= 0.6 is 0 Å². The molecule has 0 aromatic heterocycles. The van der Waals surface area contributed by atoms with Crippen LogP contribution < -0.4 is 10.8 Å². The van der Waals surface area contributed by atoms with Gasteiger partial charge in [-0.2, -0.15) is 26.3 Å². The van der Waals surface area contributed by atoms with Crippen molar-refractivity contribution in [3.8, 4) is 0 Å². The van der Waals surface area contributed by atoms with E-state index in [0.717, 1.165) is 0 Å². The Labute approximate surface area is 203 Å². The van der Waals surface area contributed by atoms with Crippen LogP contribution in [-0.2, 0) is 16.6 Å². The van der Waals surface area contributed by atoms with E-state index in [1.54, 1.807) is 12.1 Å². The van der Waals surface area contributed by atoms with Gasteiger partial charge in [-0.15, -0.1) is 0 Å². The molecule has 0 fully saturated rings. The van der Waals surface area contributed by atoms with Gasteiger partial charge in [0, 0.05) is 23.2 Å². The van der Waals surface area contributed by atoms with Gasteiger partial charge in [-0.05, 0) is 35.0 Å². The molecule has 0 aliphatic carbocycles. The molecule has 0 saturated heterocycles. The molecule has 1 atom stereocenters. The first-order valence-corrected chi connectivity index (χ1v) is 10.5. The Hall–Kier alpha value is -3.71. The van der Waals surface area contributed by atoms with Crippen LogP contribution in [0.4, 0.5) is 35.1 Å². The molecule has 3 N–H and O–H groups in total. The molecule has 1 unspecified atom stereocenters. The second-order valence-corrected chi connectivity index (χ2v) is 8.00. The average molecular weight is 532 g/mol. The maximum Gasteiger partial charge on any atom is 0.428 e. The third-order valence-corrected chi connectivity index (χ3v) is 5.71. The molecule has 0 radical (unpaired) electrons. The molecule has 1 aliphatic rings. The Kier molecular flexibility index (Phi) is 6.63. The van der Waals surface area contributed by atoms with Crippen molar-refractivity contribution in [2.24, 2.45) is 0 Å². The van der Waals surface area contributed by atoms with Gasteiger partial charge in [0.25, 0.3) is 5.91 Å². The first-order valence-electron chi connectivity index (χ1n) is 10.5. The quantitative estimate of drug-likeness (QED) is 0.396. The van der Waals surface area contributed by atoms with Gasteiger partial charge >= 0.3 is 12.4 Å². The molecule has 1 aliphatic heterocycles. The van der Waals surface area contributed by atoms with Crippen molar-refractivity contribution in [1.82, 2.24) is 10.8 Å². The maximum atomic E-state index is 14.3. The van der Waals surface area contributed by atoms with Crippen molar-refractivity contribution >= 4 is 22.4 Å². The van der Waals surface area contributed by atoms with Crippen LogP contribution in [0.1, 0.15) is 27.0 Å². The standard InChI is InChI=1S/C24H16F8N2O3/c25-18-10-12(9-17(20(18)26)23(27,28)29)22(24(30,31)32)11-19(34-37-22)15-5-6-16(21(36)33-7-8-35)14-4-2-1-3-13(14)15/h1-6,9-11,34-35H,7-8H2,(H,33,36). The zero-order valence-electron chi connectivity index (χ0n) is 18.4. The zero-order chi connectivity index (χ0) is 27.2. The second kappa shape index (κ2) is 9.30. The normalized spacial score (nSPS) is 18.0. The van der Waals surface area contributed by atoms with Crippen LogP contribution in [0.15, 0.2) is 54.6 Å². The maximum absolute atomic E-state index is 14.3. The van der Waals surface area contributed by atoms with E-state index in [-0.39, 0.29) is 47.5 Å². The predicted molar refractivity (Wildman–Crippen MR) is 115 cm³/mol. The second-order valence-electron chi connectivity index (χ2n) is 8.00. The highest BCUT2D eigenvalue weighted by Gasteiger charge is 2.60. The van der Waals surface area contributed by atoms with E-state index in [1.165, 1.54) is 24.3 Å². The van der Waals surface area contributed by atoms with E-state index < -0.39 is 46.6 Å². The number of alkyl halides is 6. The molecule has 0 spiro atoms. The number of halogens is 8. The Morgan fingerprint density at radius 3 is 2.30 bits per heavy atom. The molecule has 3 aromatic rings. The van der Waals surface area contributed by atoms with Crippen LogP contribution in [-0.4, -0.2) is 30.3 Å². The summed E-state index contributed by atoms with van der Waals surface area (Å²) in [6.45, 7) is -0.368. The fourth-order valence-electron chi connectivity index (χ4n) is 3.98. The van der Waals surface area contributed by atoms with Gasteiger partial charge in [-0.1, -0.05) is 30.3 Å². The molecule has 0 bridgehead atoms. The van der Waals surface area contributed by atoms with E-state index in [0.29, 0.717) is 11.5 Å². The molecule has 4 rings (SSSR count). The highest BCUT2D eigenvalue weighted by Crippen LogP contribution is 2.49. The summed E-state index contributed by atoms with van der Waals surface area (Å²) < 4.78 is 110. The Morgan fingerprint density at radius 1 is 1.00 bits per heavy atom. The molecule has 0 saturated carbocycles. The number of hydrogen-bond donors (Lipinski definition) is 3. The van der Waals surface area contributed by atoms with Crippen molar-refractivity contribution < 1.29 is 49.9 Å². The van der Waals surface area contributed by atoms with Gasteiger partial charge in [0.2, 0.25) is 5.60 Å². The number of rotatable bonds is 5. The van der Waals surface area contributed by atoms with Gasteiger partial charge < -0.3 is 10.4 Å². The number of carbonyl (C=O) groups is 1. The Bertz CT molecular complexity index is 1400. The highest BCUT2D eigenvalue weighted by atomic mass is 19.4. The van der Waals surface area contributed by atoms with E-state index in [9.17, 15) is 39.9 Å². The monoisotopic (exact) mass is 532 g/mol. The fraction of sp³-hybridized carbons (Fsp3) is 0.208. The van der Waals surface area contributed by atoms with Crippen molar-refractivity contribution in [1.29, 1.82) is 0 Å². The number of nitrogens with one attached hydrogen (secondary N) is 2. The van der Waals surface area contributed by atoms with E-state index in [2.05, 4.69) is 5.32 Å². The molecule has 13 heteroatoms. The van der Waals surface area contributed by atoms with Gasteiger partial charge in [0.15, 0.2) is 11.6 Å². The Balaban J connectivity index is 1.89. The number of fused-ring (bicyclic) bond motifs is 1. The topological polar surface area (TPSA) is 70.6 Å². The predicted octanol–water partition coefficient (Wildman–Crippen LogP) is 5.19. The van der Waals surface area contributed by atoms with E-state index in [1.807, 2.05) is 5.48 Å². The third kappa shape index (κ3) is 4.60. The molecule has 5 nitrogen and oxygen atoms in total. The number of aliphatic hydroxyl groups excluding tert-OH is 1. The fourth-order valence-corrected chi connectivity index (χ4v) is 3.98. The number of aliphatic hydroxyl groups is 1. The number of hydrogen-bond acceptors (Lipinski definition) is 4. The van der Waals surface area contributed by atoms with Crippen LogP contribution in [0.25, 0.3) is 16.5 Å². The van der Waals surface area contributed by atoms with Crippen LogP contribution in [0.3, 0.4) is 0 Å². The van der Waals surface area contributed by atoms with Crippen molar-refractivity contribution in [2.45, 2.75) is 18.0 Å². The average Bonchev–Trinajstić information content (AvgIpc) is 3.29. The third-order valence-electron chi connectivity index (χ3n) is 5.71. The van der Waals surface area contributed by atoms with Crippen molar-refractivity contribution in [2.75, 3.05) is 13.2 Å².